The predicted octanol–water partition coefficient (Wildman–Crippen LogP) is 2.86. The lowest BCUT2D eigenvalue weighted by Gasteiger charge is -2.20. The quantitative estimate of drug-likeness (QED) is 0.800. The van der Waals surface area contributed by atoms with Crippen molar-refractivity contribution >= 4 is 21.8 Å². The zero-order valence-corrected chi connectivity index (χ0v) is 12.2. The Kier molecular flexibility index (Phi) is 5.00. The Morgan fingerprint density at radius 3 is 2.71 bits per heavy atom. The van der Waals surface area contributed by atoms with E-state index in [1.165, 1.54) is 0 Å². The SMILES string of the molecule is COc1ccc(C)cc1C(=O)N(C)CC(C)Br. The van der Waals surface area contributed by atoms with E-state index < -0.39 is 0 Å². The van der Waals surface area contributed by atoms with Crippen molar-refractivity contribution < 1.29 is 9.53 Å². The van der Waals surface area contributed by atoms with E-state index in [4.69, 9.17) is 4.74 Å². The Morgan fingerprint density at radius 1 is 1.53 bits per heavy atom. The van der Waals surface area contributed by atoms with Crippen LogP contribution in [0.1, 0.15) is 22.8 Å². The molecule has 1 unspecified atom stereocenters. The first kappa shape index (κ1) is 14.0. The maximum Gasteiger partial charge on any atom is 0.257 e. The molecule has 94 valence electrons. The number of carbonyl (C=O) groups excluding carboxylic acids is 1. The lowest BCUT2D eigenvalue weighted by Crippen LogP contribution is -2.31. The summed E-state index contributed by atoms with van der Waals surface area (Å²) >= 11 is 3.44. The van der Waals surface area contributed by atoms with Gasteiger partial charge in [0.2, 0.25) is 0 Å². The molecule has 0 aliphatic rings. The summed E-state index contributed by atoms with van der Waals surface area (Å²) in [6.45, 7) is 4.64. The van der Waals surface area contributed by atoms with Crippen molar-refractivity contribution in [3.05, 3.63) is 29.3 Å². The van der Waals surface area contributed by atoms with Crippen LogP contribution in [0.5, 0.6) is 5.75 Å². The van der Waals surface area contributed by atoms with Gasteiger partial charge in [0.15, 0.2) is 0 Å². The van der Waals surface area contributed by atoms with Gasteiger partial charge in [-0.15, -0.1) is 0 Å². The van der Waals surface area contributed by atoms with Crippen LogP contribution in [0.4, 0.5) is 0 Å². The summed E-state index contributed by atoms with van der Waals surface area (Å²) < 4.78 is 5.22. The van der Waals surface area contributed by atoms with E-state index >= 15 is 0 Å². The summed E-state index contributed by atoms with van der Waals surface area (Å²) in [5, 5.41) is 0. The van der Waals surface area contributed by atoms with Gasteiger partial charge in [-0.1, -0.05) is 34.5 Å². The minimum atomic E-state index is -0.0168. The number of benzene rings is 1. The molecule has 0 radical (unpaired) electrons. The zero-order chi connectivity index (χ0) is 13.0. The molecule has 0 spiro atoms. The van der Waals surface area contributed by atoms with E-state index in [1.807, 2.05) is 32.0 Å². The van der Waals surface area contributed by atoms with E-state index in [9.17, 15) is 4.79 Å². The molecule has 0 aromatic heterocycles. The zero-order valence-electron chi connectivity index (χ0n) is 10.7. The van der Waals surface area contributed by atoms with Crippen molar-refractivity contribution in [2.24, 2.45) is 0 Å². The van der Waals surface area contributed by atoms with Gasteiger partial charge in [-0.2, -0.15) is 0 Å². The van der Waals surface area contributed by atoms with E-state index in [-0.39, 0.29) is 10.7 Å². The molecule has 0 saturated heterocycles. The van der Waals surface area contributed by atoms with Crippen molar-refractivity contribution in [3.63, 3.8) is 0 Å². The monoisotopic (exact) mass is 299 g/mol. The highest BCUT2D eigenvalue weighted by molar-refractivity contribution is 9.09. The highest BCUT2D eigenvalue weighted by Gasteiger charge is 2.17. The summed E-state index contributed by atoms with van der Waals surface area (Å²) in [6.07, 6.45) is 0. The summed E-state index contributed by atoms with van der Waals surface area (Å²) in [6, 6.07) is 5.62. The second kappa shape index (κ2) is 6.05. The summed E-state index contributed by atoms with van der Waals surface area (Å²) in [4.78, 5) is 14.2. The molecule has 0 N–H and O–H groups in total. The Morgan fingerprint density at radius 2 is 2.18 bits per heavy atom. The van der Waals surface area contributed by atoms with Crippen LogP contribution in [-0.2, 0) is 0 Å². The van der Waals surface area contributed by atoms with Gasteiger partial charge in [0.25, 0.3) is 5.91 Å². The first-order chi connectivity index (χ1) is 7.95. The molecule has 0 fully saturated rings. The lowest BCUT2D eigenvalue weighted by atomic mass is 10.1. The van der Waals surface area contributed by atoms with Gasteiger partial charge >= 0.3 is 0 Å². The van der Waals surface area contributed by atoms with Crippen LogP contribution in [0.15, 0.2) is 18.2 Å². The lowest BCUT2D eigenvalue weighted by molar-refractivity contribution is 0.0794. The third-order valence-electron chi connectivity index (χ3n) is 2.46. The Labute approximate surface area is 111 Å². The van der Waals surface area contributed by atoms with E-state index in [0.717, 1.165) is 5.56 Å². The molecule has 0 bridgehead atoms. The number of alkyl halides is 1. The Bertz CT molecular complexity index is 404. The number of rotatable bonds is 4. The first-order valence-electron chi connectivity index (χ1n) is 5.50. The molecule has 4 heteroatoms. The number of amides is 1. The number of methoxy groups -OCH3 is 1. The number of nitrogens with zero attached hydrogens (tertiary/aromatic N) is 1. The number of halogens is 1. The minimum absolute atomic E-state index is 0.0168. The largest absolute Gasteiger partial charge is 0.496 e. The van der Waals surface area contributed by atoms with Gasteiger partial charge in [-0.25, -0.2) is 0 Å². The van der Waals surface area contributed by atoms with E-state index in [2.05, 4.69) is 15.9 Å². The standard InChI is InChI=1S/C13H18BrNO2/c1-9-5-6-12(17-4)11(7-9)13(16)15(3)8-10(2)14/h5-7,10H,8H2,1-4H3. The highest BCUT2D eigenvalue weighted by Crippen LogP contribution is 2.21. The smallest absolute Gasteiger partial charge is 0.257 e. The van der Waals surface area contributed by atoms with Crippen LogP contribution in [0.2, 0.25) is 0 Å². The van der Waals surface area contributed by atoms with Crippen molar-refractivity contribution in [1.82, 2.24) is 4.90 Å². The Balaban J connectivity index is 2.98. The molecule has 0 saturated carbocycles. The van der Waals surface area contributed by atoms with Gasteiger partial charge in [-0.05, 0) is 19.1 Å². The van der Waals surface area contributed by atoms with Gasteiger partial charge in [0.1, 0.15) is 5.75 Å². The van der Waals surface area contributed by atoms with Gasteiger partial charge < -0.3 is 9.64 Å². The molecule has 0 heterocycles. The molecular formula is C13H18BrNO2. The molecule has 0 aliphatic carbocycles. The maximum absolute atomic E-state index is 12.2. The maximum atomic E-state index is 12.2. The normalized spacial score (nSPS) is 12.1. The van der Waals surface area contributed by atoms with Crippen LogP contribution < -0.4 is 4.74 Å². The fourth-order valence-electron chi connectivity index (χ4n) is 1.65. The first-order valence-corrected chi connectivity index (χ1v) is 6.41. The van der Waals surface area contributed by atoms with Crippen molar-refractivity contribution in [1.29, 1.82) is 0 Å². The molecule has 17 heavy (non-hydrogen) atoms. The third kappa shape index (κ3) is 3.73. The summed E-state index contributed by atoms with van der Waals surface area (Å²) in [5.74, 6) is 0.603. The van der Waals surface area contributed by atoms with Crippen molar-refractivity contribution in [2.75, 3.05) is 20.7 Å². The van der Waals surface area contributed by atoms with Gasteiger partial charge in [0.05, 0.1) is 12.7 Å². The Hall–Kier alpha value is -1.03. The second-order valence-electron chi connectivity index (χ2n) is 4.17. The fraction of sp³-hybridized carbons (Fsp3) is 0.462. The second-order valence-corrected chi connectivity index (χ2v) is 5.73. The number of aryl methyl sites for hydroxylation is 1. The third-order valence-corrected chi connectivity index (χ3v) is 2.75. The molecule has 1 amide bonds. The molecule has 1 aromatic carbocycles. The molecule has 0 aliphatic heterocycles. The summed E-state index contributed by atoms with van der Waals surface area (Å²) in [7, 11) is 3.37. The number of ether oxygens (including phenoxy) is 1. The molecule has 1 aromatic rings. The average molecular weight is 300 g/mol. The molecule has 3 nitrogen and oxygen atoms in total. The highest BCUT2D eigenvalue weighted by atomic mass is 79.9. The topological polar surface area (TPSA) is 29.5 Å². The van der Waals surface area contributed by atoms with E-state index in [1.54, 1.807) is 19.1 Å². The van der Waals surface area contributed by atoms with Crippen molar-refractivity contribution in [3.8, 4) is 5.75 Å². The van der Waals surface area contributed by atoms with Crippen molar-refractivity contribution in [2.45, 2.75) is 18.7 Å². The molecular weight excluding hydrogens is 282 g/mol. The van der Waals surface area contributed by atoms with Gasteiger partial charge in [0, 0.05) is 18.4 Å². The number of carbonyl (C=O) groups is 1. The minimum Gasteiger partial charge on any atom is -0.496 e. The molecule has 1 rings (SSSR count). The summed E-state index contributed by atoms with van der Waals surface area (Å²) in [5.41, 5.74) is 1.66. The van der Waals surface area contributed by atoms with Crippen LogP contribution in [-0.4, -0.2) is 36.3 Å². The van der Waals surface area contributed by atoms with E-state index in [0.29, 0.717) is 17.9 Å². The number of hydrogen-bond acceptors (Lipinski definition) is 2. The van der Waals surface area contributed by atoms with Crippen LogP contribution in [0, 0.1) is 6.92 Å². The van der Waals surface area contributed by atoms with Gasteiger partial charge in [-0.3, -0.25) is 4.79 Å². The molecule has 1 atom stereocenters. The predicted molar refractivity (Wildman–Crippen MR) is 73.1 cm³/mol. The van der Waals surface area contributed by atoms with Crippen LogP contribution in [0.3, 0.4) is 0 Å². The fourth-order valence-corrected chi connectivity index (χ4v) is 2.09. The van der Waals surface area contributed by atoms with Crippen LogP contribution >= 0.6 is 15.9 Å². The average Bonchev–Trinajstić information content (AvgIpc) is 2.27. The number of hydrogen-bond donors (Lipinski definition) is 0. The van der Waals surface area contributed by atoms with Crippen LogP contribution in [0.25, 0.3) is 0 Å².